The summed E-state index contributed by atoms with van der Waals surface area (Å²) in [5.74, 6) is -1.63. The van der Waals surface area contributed by atoms with Crippen LogP contribution in [-0.4, -0.2) is 13.1 Å². The summed E-state index contributed by atoms with van der Waals surface area (Å²) in [6, 6.07) is 10.1. The Kier molecular flexibility index (Phi) is 5.32. The van der Waals surface area contributed by atoms with E-state index in [1.165, 1.54) is 6.07 Å². The normalized spacial score (nSPS) is 12.4. The van der Waals surface area contributed by atoms with Crippen LogP contribution in [0.2, 0.25) is 5.02 Å². The Morgan fingerprint density at radius 3 is 2.43 bits per heavy atom. The second-order valence-electron chi connectivity index (χ2n) is 5.24. The van der Waals surface area contributed by atoms with Crippen molar-refractivity contribution < 1.29 is 8.78 Å². The smallest absolute Gasteiger partial charge is 0.159 e. The Labute approximate surface area is 128 Å². The molecule has 0 radical (unpaired) electrons. The van der Waals surface area contributed by atoms with Crippen molar-refractivity contribution in [1.29, 1.82) is 0 Å². The third kappa shape index (κ3) is 4.26. The van der Waals surface area contributed by atoms with Crippen molar-refractivity contribution in [3.63, 3.8) is 0 Å². The fourth-order valence-corrected chi connectivity index (χ4v) is 2.62. The van der Waals surface area contributed by atoms with Crippen LogP contribution in [0.1, 0.15) is 16.7 Å². The Balaban J connectivity index is 2.10. The van der Waals surface area contributed by atoms with Crippen LogP contribution < -0.4 is 5.32 Å². The lowest BCUT2D eigenvalue weighted by Gasteiger charge is -2.17. The van der Waals surface area contributed by atoms with Crippen molar-refractivity contribution in [3.8, 4) is 0 Å². The van der Waals surface area contributed by atoms with Gasteiger partial charge in [-0.15, -0.1) is 0 Å². The maximum Gasteiger partial charge on any atom is 0.159 e. The second-order valence-corrected chi connectivity index (χ2v) is 5.64. The Morgan fingerprint density at radius 1 is 1.05 bits per heavy atom. The summed E-state index contributed by atoms with van der Waals surface area (Å²) >= 11 is 6.24. The highest BCUT2D eigenvalue weighted by Crippen LogP contribution is 2.20. The summed E-state index contributed by atoms with van der Waals surface area (Å²) in [5.41, 5.74) is 2.92. The first-order valence-electron chi connectivity index (χ1n) is 6.86. The van der Waals surface area contributed by atoms with E-state index >= 15 is 0 Å². The van der Waals surface area contributed by atoms with Crippen LogP contribution >= 0.6 is 11.6 Å². The first-order chi connectivity index (χ1) is 9.99. The highest BCUT2D eigenvalue weighted by molar-refractivity contribution is 6.31. The Hall–Kier alpha value is -1.45. The summed E-state index contributed by atoms with van der Waals surface area (Å²) < 4.78 is 26.2. The van der Waals surface area contributed by atoms with E-state index < -0.39 is 11.6 Å². The molecule has 0 fully saturated rings. The summed E-state index contributed by atoms with van der Waals surface area (Å²) in [6.45, 7) is 1.99. The predicted octanol–water partition coefficient (Wildman–Crippen LogP) is 4.30. The minimum absolute atomic E-state index is 0.107. The maximum absolute atomic E-state index is 13.3. The van der Waals surface area contributed by atoms with Gasteiger partial charge in [0.1, 0.15) is 0 Å². The molecular formula is C17H18ClF2N. The zero-order chi connectivity index (χ0) is 15.4. The van der Waals surface area contributed by atoms with E-state index in [1.54, 1.807) is 6.07 Å². The van der Waals surface area contributed by atoms with Gasteiger partial charge in [-0.05, 0) is 61.7 Å². The fraction of sp³-hybridized carbons (Fsp3) is 0.294. The number of hydrogen-bond acceptors (Lipinski definition) is 1. The molecule has 0 aliphatic heterocycles. The predicted molar refractivity (Wildman–Crippen MR) is 82.8 cm³/mol. The first kappa shape index (κ1) is 15.9. The highest BCUT2D eigenvalue weighted by atomic mass is 35.5. The standard InChI is InChI=1S/C17H18ClF2N/c1-11-3-5-13(15(18)7-11)10-14(21-2)8-12-4-6-16(19)17(20)9-12/h3-7,9,14,21H,8,10H2,1-2H3. The molecule has 0 bridgehead atoms. The number of aryl methyl sites for hydroxylation is 1. The molecule has 2 rings (SSSR count). The third-order valence-electron chi connectivity index (χ3n) is 3.55. The van der Waals surface area contributed by atoms with Crippen molar-refractivity contribution >= 4 is 11.6 Å². The van der Waals surface area contributed by atoms with Crippen LogP contribution in [-0.2, 0) is 12.8 Å². The average molecular weight is 310 g/mol. The largest absolute Gasteiger partial charge is 0.316 e. The number of nitrogens with one attached hydrogen (secondary N) is 1. The van der Waals surface area contributed by atoms with Gasteiger partial charge in [-0.2, -0.15) is 0 Å². The lowest BCUT2D eigenvalue weighted by Crippen LogP contribution is -2.30. The molecular weight excluding hydrogens is 292 g/mol. The quantitative estimate of drug-likeness (QED) is 0.868. The summed E-state index contributed by atoms with van der Waals surface area (Å²) in [7, 11) is 1.85. The Morgan fingerprint density at radius 2 is 1.81 bits per heavy atom. The van der Waals surface area contributed by atoms with Crippen molar-refractivity contribution in [2.24, 2.45) is 0 Å². The Bertz CT molecular complexity index is 628. The van der Waals surface area contributed by atoms with Crippen LogP contribution in [0, 0.1) is 18.6 Å². The molecule has 0 aliphatic carbocycles. The molecule has 0 amide bonds. The molecule has 0 aromatic heterocycles. The van der Waals surface area contributed by atoms with Crippen molar-refractivity contribution in [1.82, 2.24) is 5.32 Å². The molecule has 0 aliphatic rings. The molecule has 2 aromatic rings. The van der Waals surface area contributed by atoms with Crippen molar-refractivity contribution in [2.45, 2.75) is 25.8 Å². The fourth-order valence-electron chi connectivity index (χ4n) is 2.31. The molecule has 1 atom stereocenters. The van der Waals surface area contributed by atoms with Gasteiger partial charge in [-0.1, -0.05) is 29.8 Å². The first-order valence-corrected chi connectivity index (χ1v) is 7.23. The molecule has 1 unspecified atom stereocenters. The van der Waals surface area contributed by atoms with Gasteiger partial charge in [0, 0.05) is 11.1 Å². The summed E-state index contributed by atoms with van der Waals surface area (Å²) in [6.07, 6.45) is 1.34. The number of halogens is 3. The van der Waals surface area contributed by atoms with E-state index in [0.29, 0.717) is 6.42 Å². The molecule has 0 saturated carbocycles. The van der Waals surface area contributed by atoms with Gasteiger partial charge >= 0.3 is 0 Å². The van der Waals surface area contributed by atoms with Crippen LogP contribution in [0.5, 0.6) is 0 Å². The summed E-state index contributed by atoms with van der Waals surface area (Å²) in [5, 5.41) is 3.94. The van der Waals surface area contributed by atoms with E-state index in [0.717, 1.165) is 34.2 Å². The third-order valence-corrected chi connectivity index (χ3v) is 3.90. The van der Waals surface area contributed by atoms with E-state index in [2.05, 4.69) is 5.32 Å². The second kappa shape index (κ2) is 7.01. The SMILES string of the molecule is CNC(Cc1ccc(F)c(F)c1)Cc1ccc(C)cc1Cl. The molecule has 2 aromatic carbocycles. The van der Waals surface area contributed by atoms with Gasteiger partial charge in [0.05, 0.1) is 0 Å². The molecule has 21 heavy (non-hydrogen) atoms. The maximum atomic E-state index is 13.3. The number of likely N-dealkylation sites (N-methyl/N-ethyl adjacent to an activating group) is 1. The van der Waals surface area contributed by atoms with Gasteiger partial charge in [-0.25, -0.2) is 8.78 Å². The highest BCUT2D eigenvalue weighted by Gasteiger charge is 2.12. The van der Waals surface area contributed by atoms with Gasteiger partial charge in [-0.3, -0.25) is 0 Å². The van der Waals surface area contributed by atoms with Crippen LogP contribution in [0.3, 0.4) is 0 Å². The zero-order valence-corrected chi connectivity index (χ0v) is 12.8. The minimum atomic E-state index is -0.818. The van der Waals surface area contributed by atoms with E-state index in [4.69, 9.17) is 11.6 Å². The molecule has 1 nitrogen and oxygen atoms in total. The molecule has 0 spiro atoms. The number of rotatable bonds is 5. The minimum Gasteiger partial charge on any atom is -0.316 e. The van der Waals surface area contributed by atoms with E-state index in [1.807, 2.05) is 32.2 Å². The average Bonchev–Trinajstić information content (AvgIpc) is 2.44. The van der Waals surface area contributed by atoms with Crippen LogP contribution in [0.25, 0.3) is 0 Å². The van der Waals surface area contributed by atoms with E-state index in [9.17, 15) is 8.78 Å². The molecule has 0 saturated heterocycles. The van der Waals surface area contributed by atoms with Gasteiger partial charge in [0.2, 0.25) is 0 Å². The molecule has 0 heterocycles. The molecule has 1 N–H and O–H groups in total. The van der Waals surface area contributed by atoms with Crippen molar-refractivity contribution in [2.75, 3.05) is 7.05 Å². The molecule has 112 valence electrons. The van der Waals surface area contributed by atoms with E-state index in [-0.39, 0.29) is 6.04 Å². The van der Waals surface area contributed by atoms with Gasteiger partial charge in [0.25, 0.3) is 0 Å². The van der Waals surface area contributed by atoms with Gasteiger partial charge in [0.15, 0.2) is 11.6 Å². The summed E-state index contributed by atoms with van der Waals surface area (Å²) in [4.78, 5) is 0. The lowest BCUT2D eigenvalue weighted by molar-refractivity contribution is 0.503. The topological polar surface area (TPSA) is 12.0 Å². The zero-order valence-electron chi connectivity index (χ0n) is 12.1. The number of benzene rings is 2. The van der Waals surface area contributed by atoms with Crippen LogP contribution in [0.15, 0.2) is 36.4 Å². The van der Waals surface area contributed by atoms with Crippen LogP contribution in [0.4, 0.5) is 8.78 Å². The van der Waals surface area contributed by atoms with Crippen molar-refractivity contribution in [3.05, 3.63) is 69.7 Å². The monoisotopic (exact) mass is 309 g/mol. The van der Waals surface area contributed by atoms with Gasteiger partial charge < -0.3 is 5.32 Å². The molecule has 4 heteroatoms. The lowest BCUT2D eigenvalue weighted by atomic mass is 9.98. The number of hydrogen-bond donors (Lipinski definition) is 1.